The third kappa shape index (κ3) is 6.04. The van der Waals surface area contributed by atoms with Gasteiger partial charge in [-0.15, -0.1) is 11.8 Å². The third-order valence-electron chi connectivity index (χ3n) is 4.64. The Balaban J connectivity index is 1.57. The van der Waals surface area contributed by atoms with Crippen molar-refractivity contribution < 1.29 is 0 Å². The zero-order valence-corrected chi connectivity index (χ0v) is 14.6. The summed E-state index contributed by atoms with van der Waals surface area (Å²) in [5.41, 5.74) is 1.42. The van der Waals surface area contributed by atoms with Crippen molar-refractivity contribution in [2.75, 3.05) is 25.4 Å². The normalized spacial score (nSPS) is 17.2. The number of rotatable bonds is 8. The molecule has 21 heavy (non-hydrogen) atoms. The SMILES string of the molecule is CCCCC1CCN(CCCSc2ccccc2C)CC1. The van der Waals surface area contributed by atoms with E-state index in [4.69, 9.17) is 0 Å². The van der Waals surface area contributed by atoms with E-state index in [2.05, 4.69) is 43.0 Å². The number of unbranched alkanes of at least 4 members (excludes halogenated alkanes) is 1. The van der Waals surface area contributed by atoms with Crippen molar-refractivity contribution in [1.82, 2.24) is 4.90 Å². The van der Waals surface area contributed by atoms with Gasteiger partial charge in [-0.25, -0.2) is 0 Å². The van der Waals surface area contributed by atoms with Gasteiger partial charge in [0.15, 0.2) is 0 Å². The topological polar surface area (TPSA) is 3.24 Å². The second-order valence-electron chi connectivity index (χ2n) is 6.39. The second kappa shape index (κ2) is 9.53. The lowest BCUT2D eigenvalue weighted by Gasteiger charge is -2.31. The van der Waals surface area contributed by atoms with Crippen LogP contribution in [0, 0.1) is 12.8 Å². The van der Waals surface area contributed by atoms with Crippen LogP contribution in [0.1, 0.15) is 51.0 Å². The van der Waals surface area contributed by atoms with Gasteiger partial charge >= 0.3 is 0 Å². The molecule has 1 aromatic carbocycles. The first-order valence-electron chi connectivity index (χ1n) is 8.70. The van der Waals surface area contributed by atoms with Crippen molar-refractivity contribution in [2.24, 2.45) is 5.92 Å². The fraction of sp³-hybridized carbons (Fsp3) is 0.684. The van der Waals surface area contributed by atoms with Gasteiger partial charge in [-0.2, -0.15) is 0 Å². The average Bonchev–Trinajstić information content (AvgIpc) is 2.52. The minimum Gasteiger partial charge on any atom is -0.303 e. The summed E-state index contributed by atoms with van der Waals surface area (Å²) in [5.74, 6) is 2.27. The van der Waals surface area contributed by atoms with Crippen LogP contribution in [-0.4, -0.2) is 30.3 Å². The number of piperidine rings is 1. The van der Waals surface area contributed by atoms with Crippen molar-refractivity contribution >= 4 is 11.8 Å². The molecule has 2 rings (SSSR count). The van der Waals surface area contributed by atoms with E-state index in [9.17, 15) is 0 Å². The predicted molar refractivity (Wildman–Crippen MR) is 95.2 cm³/mol. The minimum absolute atomic E-state index is 1.02. The van der Waals surface area contributed by atoms with Crippen molar-refractivity contribution in [3.63, 3.8) is 0 Å². The number of hydrogen-bond donors (Lipinski definition) is 0. The minimum atomic E-state index is 1.02. The summed E-state index contributed by atoms with van der Waals surface area (Å²) in [6.45, 7) is 8.48. The highest BCUT2D eigenvalue weighted by Crippen LogP contribution is 2.24. The van der Waals surface area contributed by atoms with E-state index in [1.165, 1.54) is 74.4 Å². The number of likely N-dealkylation sites (tertiary alicyclic amines) is 1. The Hall–Kier alpha value is -0.470. The van der Waals surface area contributed by atoms with Crippen molar-refractivity contribution in [3.05, 3.63) is 29.8 Å². The molecule has 1 aromatic rings. The highest BCUT2D eigenvalue weighted by atomic mass is 32.2. The summed E-state index contributed by atoms with van der Waals surface area (Å²) in [6, 6.07) is 8.74. The molecule has 118 valence electrons. The molecule has 0 N–H and O–H groups in total. The molecule has 0 aliphatic carbocycles. The molecule has 1 aliphatic heterocycles. The molecule has 1 saturated heterocycles. The smallest absolute Gasteiger partial charge is 0.0101 e. The molecule has 0 aromatic heterocycles. The Morgan fingerprint density at radius 1 is 1.14 bits per heavy atom. The van der Waals surface area contributed by atoms with E-state index in [1.807, 2.05) is 11.8 Å². The molecule has 0 atom stereocenters. The molecule has 1 fully saturated rings. The van der Waals surface area contributed by atoms with Gasteiger partial charge < -0.3 is 4.90 Å². The Kier molecular flexibility index (Phi) is 7.66. The zero-order chi connectivity index (χ0) is 14.9. The van der Waals surface area contributed by atoms with Gasteiger partial charge in [0.05, 0.1) is 0 Å². The second-order valence-corrected chi connectivity index (χ2v) is 7.53. The van der Waals surface area contributed by atoms with Crippen LogP contribution < -0.4 is 0 Å². The summed E-state index contributed by atoms with van der Waals surface area (Å²) in [4.78, 5) is 4.14. The van der Waals surface area contributed by atoms with Gasteiger partial charge in [0, 0.05) is 4.90 Å². The highest BCUT2D eigenvalue weighted by Gasteiger charge is 2.18. The first-order chi connectivity index (χ1) is 10.3. The van der Waals surface area contributed by atoms with Gasteiger partial charge in [-0.05, 0) is 69.1 Å². The van der Waals surface area contributed by atoms with Crippen LogP contribution in [0.5, 0.6) is 0 Å². The van der Waals surface area contributed by atoms with Crippen LogP contribution in [0.3, 0.4) is 0 Å². The lowest BCUT2D eigenvalue weighted by Crippen LogP contribution is -2.34. The Morgan fingerprint density at radius 3 is 2.62 bits per heavy atom. The molecule has 0 amide bonds. The van der Waals surface area contributed by atoms with Crippen LogP contribution in [0.4, 0.5) is 0 Å². The fourth-order valence-electron chi connectivity index (χ4n) is 3.18. The van der Waals surface area contributed by atoms with E-state index in [-0.39, 0.29) is 0 Å². The summed E-state index contributed by atoms with van der Waals surface area (Å²) in [7, 11) is 0. The first-order valence-corrected chi connectivity index (χ1v) is 9.69. The lowest BCUT2D eigenvalue weighted by molar-refractivity contribution is 0.178. The molecule has 1 nitrogen and oxygen atoms in total. The van der Waals surface area contributed by atoms with E-state index < -0.39 is 0 Å². The van der Waals surface area contributed by atoms with Crippen LogP contribution in [0.25, 0.3) is 0 Å². The van der Waals surface area contributed by atoms with Gasteiger partial charge in [0.2, 0.25) is 0 Å². The summed E-state index contributed by atoms with van der Waals surface area (Å²) < 4.78 is 0. The lowest BCUT2D eigenvalue weighted by atomic mass is 9.92. The first kappa shape index (κ1) is 16.9. The third-order valence-corrected chi connectivity index (χ3v) is 5.90. The molecule has 1 aliphatic rings. The van der Waals surface area contributed by atoms with Gasteiger partial charge in [-0.3, -0.25) is 0 Å². The molecular formula is C19H31NS. The molecule has 0 unspecified atom stereocenters. The molecule has 2 heteroatoms. The van der Waals surface area contributed by atoms with E-state index in [0.29, 0.717) is 0 Å². The molecule has 1 heterocycles. The molecule has 0 spiro atoms. The largest absolute Gasteiger partial charge is 0.303 e. The van der Waals surface area contributed by atoms with E-state index in [0.717, 1.165) is 5.92 Å². The monoisotopic (exact) mass is 305 g/mol. The van der Waals surface area contributed by atoms with Crippen LogP contribution in [-0.2, 0) is 0 Å². The van der Waals surface area contributed by atoms with Crippen LogP contribution in [0.2, 0.25) is 0 Å². The standard InChI is InChI=1S/C19H31NS/c1-3-4-9-18-11-14-20(15-12-18)13-7-16-21-19-10-6-5-8-17(19)2/h5-6,8,10,18H,3-4,7,9,11-16H2,1-2H3. The maximum atomic E-state index is 2.68. The molecule has 0 saturated carbocycles. The number of aryl methyl sites for hydroxylation is 1. The van der Waals surface area contributed by atoms with Gasteiger partial charge in [0.1, 0.15) is 0 Å². The summed E-state index contributed by atoms with van der Waals surface area (Å²) in [5, 5.41) is 0. The van der Waals surface area contributed by atoms with Crippen LogP contribution in [0.15, 0.2) is 29.2 Å². The van der Waals surface area contributed by atoms with Crippen molar-refractivity contribution in [1.29, 1.82) is 0 Å². The van der Waals surface area contributed by atoms with Crippen LogP contribution >= 0.6 is 11.8 Å². The number of benzene rings is 1. The Labute approximate surface area is 135 Å². The van der Waals surface area contributed by atoms with Gasteiger partial charge in [-0.1, -0.05) is 44.4 Å². The molecule has 0 bridgehead atoms. The molecule has 0 radical (unpaired) electrons. The molecular weight excluding hydrogens is 274 g/mol. The van der Waals surface area contributed by atoms with E-state index >= 15 is 0 Å². The average molecular weight is 306 g/mol. The van der Waals surface area contributed by atoms with Crippen molar-refractivity contribution in [3.8, 4) is 0 Å². The van der Waals surface area contributed by atoms with Crippen molar-refractivity contribution in [2.45, 2.75) is 57.3 Å². The zero-order valence-electron chi connectivity index (χ0n) is 13.8. The number of hydrogen-bond acceptors (Lipinski definition) is 2. The van der Waals surface area contributed by atoms with E-state index in [1.54, 1.807) is 0 Å². The predicted octanol–water partition coefficient (Wildman–Crippen LogP) is 5.38. The maximum absolute atomic E-state index is 2.68. The number of thioether (sulfide) groups is 1. The highest BCUT2D eigenvalue weighted by molar-refractivity contribution is 7.99. The maximum Gasteiger partial charge on any atom is 0.0101 e. The summed E-state index contributed by atoms with van der Waals surface area (Å²) in [6.07, 6.45) is 8.44. The quantitative estimate of drug-likeness (QED) is 0.468. The number of nitrogens with zero attached hydrogens (tertiary/aromatic N) is 1. The van der Waals surface area contributed by atoms with Gasteiger partial charge in [0.25, 0.3) is 0 Å². The summed E-state index contributed by atoms with van der Waals surface area (Å²) >= 11 is 2.02. The fourth-order valence-corrected chi connectivity index (χ4v) is 4.14. The Morgan fingerprint density at radius 2 is 1.90 bits per heavy atom. The Bertz CT molecular complexity index is 396.